The molecule has 0 aliphatic heterocycles. The van der Waals surface area contributed by atoms with E-state index >= 15 is 0 Å². The number of hydrogen-bond donors (Lipinski definition) is 1. The molecule has 0 aliphatic rings. The number of amides is 2. The van der Waals surface area contributed by atoms with E-state index in [0.29, 0.717) is 27.8 Å². The summed E-state index contributed by atoms with van der Waals surface area (Å²) in [5.41, 5.74) is 1.32. The normalized spacial score (nSPS) is 12.0. The molecular weight excluding hydrogens is 458 g/mol. The van der Waals surface area contributed by atoms with Crippen LogP contribution >= 0.6 is 35.0 Å². The molecule has 2 aromatic carbocycles. The number of nitrogens with one attached hydrogen (secondary N) is 1. The average Bonchev–Trinajstić information content (AvgIpc) is 2.71. The minimum absolute atomic E-state index is 0.0427. The number of halogens is 3. The minimum Gasteiger partial charge on any atom is -0.352 e. The second kappa shape index (κ2) is 12.3. The van der Waals surface area contributed by atoms with Gasteiger partial charge in [-0.05, 0) is 49.6 Å². The molecular formula is C23H27Cl2FN2O2S. The number of thioether (sulfide) groups is 1. The fraction of sp³-hybridized carbons (Fsp3) is 0.391. The van der Waals surface area contributed by atoms with Gasteiger partial charge < -0.3 is 10.2 Å². The fourth-order valence-corrected chi connectivity index (χ4v) is 4.30. The van der Waals surface area contributed by atoms with Crippen LogP contribution in [0.15, 0.2) is 42.5 Å². The Labute approximate surface area is 197 Å². The molecule has 0 unspecified atom stereocenters. The summed E-state index contributed by atoms with van der Waals surface area (Å²) in [6.45, 7) is 5.84. The lowest BCUT2D eigenvalue weighted by molar-refractivity contribution is -0.139. The monoisotopic (exact) mass is 484 g/mol. The SMILES string of the molecule is CC[C@H](C(=O)NC(C)C)N(Cc1ccc(Cl)c(Cl)c1)C(=O)CSCc1ccccc1F. The first-order valence-corrected chi connectivity index (χ1v) is 12.0. The summed E-state index contributed by atoms with van der Waals surface area (Å²) in [4.78, 5) is 27.5. The Morgan fingerprint density at radius 2 is 1.84 bits per heavy atom. The van der Waals surface area contributed by atoms with Crippen molar-refractivity contribution in [3.05, 3.63) is 69.5 Å². The predicted molar refractivity (Wildman–Crippen MR) is 127 cm³/mol. The van der Waals surface area contributed by atoms with E-state index in [2.05, 4.69) is 5.32 Å². The van der Waals surface area contributed by atoms with Gasteiger partial charge in [0.05, 0.1) is 15.8 Å². The Bertz CT molecular complexity index is 911. The Kier molecular flexibility index (Phi) is 10.1. The molecule has 168 valence electrons. The van der Waals surface area contributed by atoms with Crippen molar-refractivity contribution in [2.24, 2.45) is 0 Å². The van der Waals surface area contributed by atoms with Crippen LogP contribution in [-0.4, -0.2) is 34.6 Å². The number of hydrogen-bond acceptors (Lipinski definition) is 3. The molecule has 31 heavy (non-hydrogen) atoms. The number of carbonyl (C=O) groups is 2. The van der Waals surface area contributed by atoms with Gasteiger partial charge >= 0.3 is 0 Å². The van der Waals surface area contributed by atoms with E-state index < -0.39 is 6.04 Å². The van der Waals surface area contributed by atoms with Crippen LogP contribution < -0.4 is 5.32 Å². The largest absolute Gasteiger partial charge is 0.352 e. The van der Waals surface area contributed by atoms with Gasteiger partial charge in [0, 0.05) is 18.3 Å². The molecule has 2 rings (SSSR count). The molecule has 1 atom stereocenters. The van der Waals surface area contributed by atoms with Crippen molar-refractivity contribution in [2.45, 2.75) is 51.6 Å². The third-order valence-corrected chi connectivity index (χ3v) is 6.30. The van der Waals surface area contributed by atoms with Crippen molar-refractivity contribution >= 4 is 46.8 Å². The van der Waals surface area contributed by atoms with Crippen LogP contribution in [0, 0.1) is 5.82 Å². The molecule has 0 aliphatic carbocycles. The first-order valence-electron chi connectivity index (χ1n) is 10.1. The van der Waals surface area contributed by atoms with Gasteiger partial charge in [-0.1, -0.05) is 54.4 Å². The van der Waals surface area contributed by atoms with Gasteiger partial charge in [0.25, 0.3) is 0 Å². The number of benzene rings is 2. The molecule has 0 saturated heterocycles. The lowest BCUT2D eigenvalue weighted by Crippen LogP contribution is -2.50. The number of nitrogens with zero attached hydrogens (tertiary/aromatic N) is 1. The van der Waals surface area contributed by atoms with Gasteiger partial charge in [-0.2, -0.15) is 0 Å². The summed E-state index contributed by atoms with van der Waals surface area (Å²) in [5.74, 6) is -0.198. The summed E-state index contributed by atoms with van der Waals surface area (Å²) in [7, 11) is 0. The minimum atomic E-state index is -0.626. The second-order valence-corrected chi connectivity index (χ2v) is 9.24. The Morgan fingerprint density at radius 1 is 1.13 bits per heavy atom. The molecule has 0 fully saturated rings. The highest BCUT2D eigenvalue weighted by Crippen LogP contribution is 2.25. The number of rotatable bonds is 10. The number of carbonyl (C=O) groups excluding carboxylic acids is 2. The van der Waals surface area contributed by atoms with Crippen molar-refractivity contribution in [2.75, 3.05) is 5.75 Å². The van der Waals surface area contributed by atoms with Crippen molar-refractivity contribution in [3.8, 4) is 0 Å². The van der Waals surface area contributed by atoms with Crippen molar-refractivity contribution in [3.63, 3.8) is 0 Å². The Morgan fingerprint density at radius 3 is 2.45 bits per heavy atom. The van der Waals surface area contributed by atoms with Gasteiger partial charge in [-0.25, -0.2) is 4.39 Å². The third kappa shape index (κ3) is 7.70. The summed E-state index contributed by atoms with van der Waals surface area (Å²) >= 11 is 13.5. The summed E-state index contributed by atoms with van der Waals surface area (Å²) in [5, 5.41) is 3.70. The molecule has 0 spiro atoms. The van der Waals surface area contributed by atoms with Crippen molar-refractivity contribution in [1.29, 1.82) is 0 Å². The molecule has 0 saturated carbocycles. The molecule has 8 heteroatoms. The summed E-state index contributed by atoms with van der Waals surface area (Å²) < 4.78 is 13.9. The average molecular weight is 485 g/mol. The van der Waals surface area contributed by atoms with Crippen LogP contribution in [0.1, 0.15) is 38.3 Å². The predicted octanol–water partition coefficient (Wildman–Crippen LogP) is 5.70. The maximum absolute atomic E-state index is 13.9. The molecule has 2 amide bonds. The zero-order valence-electron chi connectivity index (χ0n) is 17.8. The first-order chi connectivity index (χ1) is 14.7. The molecule has 4 nitrogen and oxygen atoms in total. The zero-order valence-corrected chi connectivity index (χ0v) is 20.2. The lowest BCUT2D eigenvalue weighted by atomic mass is 10.1. The first kappa shape index (κ1) is 25.5. The molecule has 0 radical (unpaired) electrons. The fourth-order valence-electron chi connectivity index (χ4n) is 3.08. The van der Waals surface area contributed by atoms with Gasteiger partial charge in [0.15, 0.2) is 0 Å². The van der Waals surface area contributed by atoms with E-state index in [1.54, 1.807) is 41.3 Å². The maximum atomic E-state index is 13.9. The van der Waals surface area contributed by atoms with Gasteiger partial charge in [-0.3, -0.25) is 9.59 Å². The van der Waals surface area contributed by atoms with Crippen molar-refractivity contribution in [1.82, 2.24) is 10.2 Å². The van der Waals surface area contributed by atoms with Gasteiger partial charge in [0.2, 0.25) is 11.8 Å². The summed E-state index contributed by atoms with van der Waals surface area (Å²) in [6, 6.07) is 11.0. The molecule has 2 aromatic rings. The van der Waals surface area contributed by atoms with E-state index in [0.717, 1.165) is 5.56 Å². The highest BCUT2D eigenvalue weighted by atomic mass is 35.5. The quantitative estimate of drug-likeness (QED) is 0.470. The molecule has 0 heterocycles. The lowest BCUT2D eigenvalue weighted by Gasteiger charge is -2.31. The van der Waals surface area contributed by atoms with Crippen LogP contribution in [0.2, 0.25) is 10.0 Å². The van der Waals surface area contributed by atoms with Crippen LogP contribution in [0.3, 0.4) is 0 Å². The third-order valence-electron chi connectivity index (χ3n) is 4.59. The summed E-state index contributed by atoms with van der Waals surface area (Å²) in [6.07, 6.45) is 0.462. The highest BCUT2D eigenvalue weighted by molar-refractivity contribution is 7.99. The van der Waals surface area contributed by atoms with E-state index in [4.69, 9.17) is 23.2 Å². The molecule has 0 bridgehead atoms. The highest BCUT2D eigenvalue weighted by Gasteiger charge is 2.29. The smallest absolute Gasteiger partial charge is 0.243 e. The van der Waals surface area contributed by atoms with Crippen molar-refractivity contribution < 1.29 is 14.0 Å². The van der Waals surface area contributed by atoms with Crippen LogP contribution in [0.5, 0.6) is 0 Å². The van der Waals surface area contributed by atoms with Gasteiger partial charge in [-0.15, -0.1) is 11.8 Å². The zero-order chi connectivity index (χ0) is 23.0. The molecule has 0 aromatic heterocycles. The molecule has 1 N–H and O–H groups in total. The van der Waals surface area contributed by atoms with Crippen LogP contribution in [0.4, 0.5) is 4.39 Å². The maximum Gasteiger partial charge on any atom is 0.243 e. The van der Waals surface area contributed by atoms with E-state index in [-0.39, 0.29) is 36.0 Å². The van der Waals surface area contributed by atoms with Crippen LogP contribution in [0.25, 0.3) is 0 Å². The van der Waals surface area contributed by atoms with Crippen LogP contribution in [-0.2, 0) is 21.9 Å². The Hall–Kier alpha value is -1.76. The van der Waals surface area contributed by atoms with Gasteiger partial charge in [0.1, 0.15) is 11.9 Å². The standard InChI is InChI=1S/C23H27Cl2FN2O2S/c1-4-21(23(30)27-15(2)3)28(12-16-9-10-18(24)19(25)11-16)22(29)14-31-13-17-7-5-6-8-20(17)26/h5-11,15,21H,4,12-14H2,1-3H3,(H,27,30)/t21-/m1/s1. The Balaban J connectivity index is 2.18. The second-order valence-electron chi connectivity index (χ2n) is 7.44. The van der Waals surface area contributed by atoms with E-state index in [9.17, 15) is 14.0 Å². The van der Waals surface area contributed by atoms with E-state index in [1.807, 2.05) is 20.8 Å². The topological polar surface area (TPSA) is 49.4 Å². The van der Waals surface area contributed by atoms with E-state index in [1.165, 1.54) is 17.8 Å².